The van der Waals surface area contributed by atoms with Gasteiger partial charge in [0.05, 0.1) is 5.56 Å². The van der Waals surface area contributed by atoms with Gasteiger partial charge in [-0.2, -0.15) is 5.10 Å². The van der Waals surface area contributed by atoms with E-state index >= 15 is 0 Å². The number of aromatic amines is 1. The lowest BCUT2D eigenvalue weighted by atomic mass is 9.86. The number of nitrogen functional groups attached to an aromatic ring is 1. The standard InChI is InChI=1S/C16H22N4O2/c1-10-14(15(21)18-17)12(20-19-10)9-22-13-8-6-5-7-11(13)16(2,3)4/h5-8H,9,17H2,1-4H3,(H,18,21)(H,19,20). The number of hydrogen-bond acceptors (Lipinski definition) is 4. The van der Waals surface area contributed by atoms with Crippen LogP contribution in [0.2, 0.25) is 0 Å². The second kappa shape index (κ2) is 6.19. The summed E-state index contributed by atoms with van der Waals surface area (Å²) in [7, 11) is 0. The SMILES string of the molecule is Cc1[nH]nc(COc2ccccc2C(C)(C)C)c1C(=O)NN. The van der Waals surface area contributed by atoms with Crippen LogP contribution in [-0.4, -0.2) is 16.1 Å². The molecule has 6 heteroatoms. The molecular formula is C16H22N4O2. The van der Waals surface area contributed by atoms with Gasteiger partial charge >= 0.3 is 0 Å². The van der Waals surface area contributed by atoms with E-state index in [-0.39, 0.29) is 17.9 Å². The molecule has 0 spiro atoms. The van der Waals surface area contributed by atoms with Gasteiger partial charge in [0.15, 0.2) is 0 Å². The molecule has 118 valence electrons. The molecule has 1 aromatic carbocycles. The van der Waals surface area contributed by atoms with Crippen LogP contribution in [0.15, 0.2) is 24.3 Å². The molecule has 0 atom stereocenters. The number of amides is 1. The van der Waals surface area contributed by atoms with Crippen molar-refractivity contribution in [1.82, 2.24) is 15.6 Å². The summed E-state index contributed by atoms with van der Waals surface area (Å²) in [4.78, 5) is 11.8. The Morgan fingerprint density at radius 3 is 2.68 bits per heavy atom. The molecular weight excluding hydrogens is 280 g/mol. The van der Waals surface area contributed by atoms with Gasteiger partial charge in [-0.05, 0) is 24.0 Å². The first-order valence-electron chi connectivity index (χ1n) is 7.11. The van der Waals surface area contributed by atoms with Gasteiger partial charge in [0.2, 0.25) is 0 Å². The van der Waals surface area contributed by atoms with Crippen molar-refractivity contribution in [2.45, 2.75) is 39.7 Å². The number of H-pyrrole nitrogens is 1. The van der Waals surface area contributed by atoms with Crippen LogP contribution in [-0.2, 0) is 12.0 Å². The summed E-state index contributed by atoms with van der Waals surface area (Å²) < 4.78 is 5.90. The predicted octanol–water partition coefficient (Wildman–Crippen LogP) is 2.20. The van der Waals surface area contributed by atoms with Crippen molar-refractivity contribution in [1.29, 1.82) is 0 Å². The molecule has 0 aliphatic rings. The van der Waals surface area contributed by atoms with Crippen LogP contribution in [0.3, 0.4) is 0 Å². The van der Waals surface area contributed by atoms with Crippen LogP contribution in [0, 0.1) is 6.92 Å². The van der Waals surface area contributed by atoms with Gasteiger partial charge in [-0.15, -0.1) is 0 Å². The van der Waals surface area contributed by atoms with Gasteiger partial charge in [-0.1, -0.05) is 39.0 Å². The van der Waals surface area contributed by atoms with E-state index < -0.39 is 0 Å². The molecule has 0 aliphatic heterocycles. The normalized spacial score (nSPS) is 11.3. The summed E-state index contributed by atoms with van der Waals surface area (Å²) in [5, 5.41) is 6.91. The van der Waals surface area contributed by atoms with Crippen molar-refractivity contribution in [3.05, 3.63) is 46.8 Å². The van der Waals surface area contributed by atoms with Gasteiger partial charge in [-0.25, -0.2) is 5.84 Å². The summed E-state index contributed by atoms with van der Waals surface area (Å²) in [5.41, 5.74) is 4.82. The highest BCUT2D eigenvalue weighted by Gasteiger charge is 2.21. The van der Waals surface area contributed by atoms with Crippen molar-refractivity contribution < 1.29 is 9.53 Å². The number of hydrogen-bond donors (Lipinski definition) is 3. The zero-order valence-corrected chi connectivity index (χ0v) is 13.4. The van der Waals surface area contributed by atoms with Crippen molar-refractivity contribution in [3.63, 3.8) is 0 Å². The third-order valence-corrected chi connectivity index (χ3v) is 3.44. The van der Waals surface area contributed by atoms with Crippen molar-refractivity contribution >= 4 is 5.91 Å². The third kappa shape index (κ3) is 3.28. The maximum atomic E-state index is 11.8. The summed E-state index contributed by atoms with van der Waals surface area (Å²) in [6, 6.07) is 7.87. The summed E-state index contributed by atoms with van der Waals surface area (Å²) in [6.45, 7) is 8.34. The Morgan fingerprint density at radius 2 is 2.05 bits per heavy atom. The number of nitrogens with two attached hydrogens (primary N) is 1. The van der Waals surface area contributed by atoms with Gasteiger partial charge in [0.25, 0.3) is 5.91 Å². The zero-order chi connectivity index (χ0) is 16.3. The Balaban J connectivity index is 2.24. The number of aromatic nitrogens is 2. The predicted molar refractivity (Wildman–Crippen MR) is 84.5 cm³/mol. The minimum atomic E-state index is -0.381. The lowest BCUT2D eigenvalue weighted by molar-refractivity contribution is 0.0950. The smallest absolute Gasteiger partial charge is 0.269 e. The van der Waals surface area contributed by atoms with E-state index in [1.165, 1.54) is 0 Å². The molecule has 0 saturated carbocycles. The van der Waals surface area contributed by atoms with E-state index in [1.54, 1.807) is 6.92 Å². The molecule has 0 saturated heterocycles. The van der Waals surface area contributed by atoms with Crippen LogP contribution >= 0.6 is 0 Å². The number of carbonyl (C=O) groups excluding carboxylic acids is 1. The number of para-hydroxylation sites is 1. The van der Waals surface area contributed by atoms with Crippen LogP contribution in [0.25, 0.3) is 0 Å². The molecule has 1 aromatic heterocycles. The zero-order valence-electron chi connectivity index (χ0n) is 13.4. The fraction of sp³-hybridized carbons (Fsp3) is 0.375. The lowest BCUT2D eigenvalue weighted by Crippen LogP contribution is -2.31. The molecule has 22 heavy (non-hydrogen) atoms. The van der Waals surface area contributed by atoms with E-state index in [9.17, 15) is 4.79 Å². The Hall–Kier alpha value is -2.34. The molecule has 0 radical (unpaired) electrons. The lowest BCUT2D eigenvalue weighted by Gasteiger charge is -2.22. The number of aryl methyl sites for hydroxylation is 1. The van der Waals surface area contributed by atoms with E-state index in [4.69, 9.17) is 10.6 Å². The van der Waals surface area contributed by atoms with E-state index in [0.717, 1.165) is 11.3 Å². The molecule has 1 heterocycles. The van der Waals surface area contributed by atoms with Gasteiger partial charge < -0.3 is 4.74 Å². The minimum Gasteiger partial charge on any atom is -0.487 e. The van der Waals surface area contributed by atoms with Crippen LogP contribution in [0.4, 0.5) is 0 Å². The quantitative estimate of drug-likeness (QED) is 0.458. The fourth-order valence-electron chi connectivity index (χ4n) is 2.32. The molecule has 0 bridgehead atoms. The van der Waals surface area contributed by atoms with Crippen LogP contribution < -0.4 is 16.0 Å². The first-order valence-corrected chi connectivity index (χ1v) is 7.11. The molecule has 6 nitrogen and oxygen atoms in total. The highest BCUT2D eigenvalue weighted by atomic mass is 16.5. The Labute approximate surface area is 130 Å². The largest absolute Gasteiger partial charge is 0.487 e. The number of hydrazine groups is 1. The van der Waals surface area contributed by atoms with Gasteiger partial charge in [0.1, 0.15) is 18.1 Å². The molecule has 4 N–H and O–H groups in total. The van der Waals surface area contributed by atoms with Crippen LogP contribution in [0.5, 0.6) is 5.75 Å². The van der Waals surface area contributed by atoms with E-state index in [2.05, 4.69) is 36.4 Å². The number of nitrogens with one attached hydrogen (secondary N) is 2. The average molecular weight is 302 g/mol. The monoisotopic (exact) mass is 302 g/mol. The molecule has 1 amide bonds. The minimum absolute atomic E-state index is 0.0322. The second-order valence-corrected chi connectivity index (χ2v) is 6.18. The Bertz CT molecular complexity index is 671. The summed E-state index contributed by atoms with van der Waals surface area (Å²) in [5.74, 6) is 5.61. The topological polar surface area (TPSA) is 93.0 Å². The summed E-state index contributed by atoms with van der Waals surface area (Å²) in [6.07, 6.45) is 0. The van der Waals surface area contributed by atoms with E-state index in [1.807, 2.05) is 24.3 Å². The number of ether oxygens (including phenoxy) is 1. The molecule has 0 unspecified atom stereocenters. The van der Waals surface area contributed by atoms with Gasteiger partial charge in [-0.3, -0.25) is 15.3 Å². The maximum Gasteiger partial charge on any atom is 0.269 e. The number of nitrogens with zero attached hydrogens (tertiary/aromatic N) is 1. The van der Waals surface area contributed by atoms with Gasteiger partial charge in [0, 0.05) is 5.69 Å². The molecule has 2 aromatic rings. The molecule has 2 rings (SSSR count). The second-order valence-electron chi connectivity index (χ2n) is 6.18. The van der Waals surface area contributed by atoms with Crippen molar-refractivity contribution in [2.75, 3.05) is 0 Å². The maximum absolute atomic E-state index is 11.8. The molecule has 0 fully saturated rings. The first kappa shape index (κ1) is 16.0. The van der Waals surface area contributed by atoms with E-state index in [0.29, 0.717) is 17.0 Å². The highest BCUT2D eigenvalue weighted by Crippen LogP contribution is 2.31. The van der Waals surface area contributed by atoms with Crippen molar-refractivity contribution in [3.8, 4) is 5.75 Å². The first-order chi connectivity index (χ1) is 10.3. The highest BCUT2D eigenvalue weighted by molar-refractivity contribution is 5.95. The van der Waals surface area contributed by atoms with Crippen LogP contribution in [0.1, 0.15) is 48.1 Å². The average Bonchev–Trinajstić information content (AvgIpc) is 2.84. The Morgan fingerprint density at radius 1 is 1.36 bits per heavy atom. The third-order valence-electron chi connectivity index (χ3n) is 3.44. The number of benzene rings is 1. The fourth-order valence-corrected chi connectivity index (χ4v) is 2.32. The summed E-state index contributed by atoms with van der Waals surface area (Å²) >= 11 is 0. The van der Waals surface area contributed by atoms with Crippen molar-refractivity contribution in [2.24, 2.45) is 5.84 Å². The molecule has 0 aliphatic carbocycles. The Kier molecular flexibility index (Phi) is 4.51. The number of rotatable bonds is 4. The number of carbonyl (C=O) groups is 1.